The fourth-order valence-corrected chi connectivity index (χ4v) is 8.72. The number of hydrogen-bond acceptors (Lipinski definition) is 0. The molecule has 0 spiro atoms. The third kappa shape index (κ3) is 4.75. The van der Waals surface area contributed by atoms with Gasteiger partial charge in [-0.1, -0.05) is 162 Å². The van der Waals surface area contributed by atoms with Crippen molar-refractivity contribution in [1.82, 2.24) is 0 Å². The smallest absolute Gasteiger partial charge is 0.0886 e. The molecule has 7 aromatic carbocycles. The predicted octanol–water partition coefficient (Wildman–Crippen LogP) is 10.7. The number of fused-ring (bicyclic) bond motifs is 6. The summed E-state index contributed by atoms with van der Waals surface area (Å²) in [6, 6.07) is 58.8. The first-order valence-electron chi connectivity index (χ1n) is 17.5. The summed E-state index contributed by atoms with van der Waals surface area (Å²) < 4.78 is 0. The SMILES string of the molecule is [B]c1cccc2c1-c1ccc(-c3ccc4c(c3)-c3ccccc3C(Cc3ccccc3)C4)cc1C2(c1ccc(C)cc1)c1ccc(C)cc1. The van der Waals surface area contributed by atoms with E-state index >= 15 is 0 Å². The highest BCUT2D eigenvalue weighted by molar-refractivity contribution is 6.36. The highest BCUT2D eigenvalue weighted by atomic mass is 14.5. The van der Waals surface area contributed by atoms with Gasteiger partial charge >= 0.3 is 0 Å². The summed E-state index contributed by atoms with van der Waals surface area (Å²) in [4.78, 5) is 0. The van der Waals surface area contributed by atoms with Crippen molar-refractivity contribution in [2.45, 2.75) is 38.0 Å². The van der Waals surface area contributed by atoms with Crippen molar-refractivity contribution in [2.24, 2.45) is 0 Å². The maximum atomic E-state index is 6.84. The average molecular weight is 625 g/mol. The molecule has 0 amide bonds. The fourth-order valence-electron chi connectivity index (χ4n) is 8.72. The van der Waals surface area contributed by atoms with Gasteiger partial charge in [-0.3, -0.25) is 0 Å². The molecule has 0 nitrogen and oxygen atoms in total. The molecule has 7 aromatic rings. The highest BCUT2D eigenvalue weighted by Crippen LogP contribution is 2.56. The van der Waals surface area contributed by atoms with Crippen LogP contribution in [0, 0.1) is 13.8 Å². The Labute approximate surface area is 291 Å². The first-order chi connectivity index (χ1) is 24.0. The van der Waals surface area contributed by atoms with Gasteiger partial charge in [0, 0.05) is 0 Å². The van der Waals surface area contributed by atoms with E-state index < -0.39 is 5.41 Å². The standard InChI is InChI=1S/C48H37B/c1-31-15-22-38(23-16-31)48(39-24-17-32(2)18-25-39)44-13-8-14-46(49)47(44)42-26-21-35(30-45(42)48)34-19-20-36-28-37(27-33-9-4-3-5-10-33)40-11-6-7-12-41(40)43(36)29-34/h3-26,29-30,37H,27-28H2,1-2H3. The maximum Gasteiger partial charge on any atom is 0.114 e. The lowest BCUT2D eigenvalue weighted by atomic mass is 9.67. The second-order valence-electron chi connectivity index (χ2n) is 14.1. The lowest BCUT2D eigenvalue weighted by molar-refractivity contribution is 0.673. The van der Waals surface area contributed by atoms with Gasteiger partial charge in [-0.05, 0) is 117 Å². The average Bonchev–Trinajstić information content (AvgIpc) is 3.44. The van der Waals surface area contributed by atoms with E-state index in [2.05, 4.69) is 166 Å². The zero-order valence-electron chi connectivity index (χ0n) is 28.1. The van der Waals surface area contributed by atoms with Crippen molar-refractivity contribution in [1.29, 1.82) is 0 Å². The largest absolute Gasteiger partial charge is 0.114 e. The molecule has 2 aliphatic carbocycles. The van der Waals surface area contributed by atoms with Gasteiger partial charge in [-0.15, -0.1) is 0 Å². The molecule has 1 atom stereocenters. The summed E-state index contributed by atoms with van der Waals surface area (Å²) in [5.41, 5.74) is 19.7. The minimum atomic E-state index is -0.497. The Balaban J connectivity index is 1.22. The van der Waals surface area contributed by atoms with Gasteiger partial charge < -0.3 is 0 Å². The molecular formula is C48H37B. The van der Waals surface area contributed by atoms with Gasteiger partial charge in [0.05, 0.1) is 5.41 Å². The van der Waals surface area contributed by atoms with Gasteiger partial charge in [0.1, 0.15) is 7.85 Å². The Hall–Kier alpha value is -5.40. The summed E-state index contributed by atoms with van der Waals surface area (Å²) >= 11 is 0. The molecule has 0 aromatic heterocycles. The predicted molar refractivity (Wildman–Crippen MR) is 206 cm³/mol. The molecule has 2 radical (unpaired) electrons. The van der Waals surface area contributed by atoms with E-state index in [1.165, 1.54) is 77.9 Å². The quantitative estimate of drug-likeness (QED) is 0.167. The van der Waals surface area contributed by atoms with Crippen LogP contribution in [0.1, 0.15) is 56.0 Å². The Morgan fingerprint density at radius 3 is 1.94 bits per heavy atom. The van der Waals surface area contributed by atoms with Crippen LogP contribution in [-0.2, 0) is 18.3 Å². The zero-order valence-corrected chi connectivity index (χ0v) is 28.1. The minimum absolute atomic E-state index is 0.463. The van der Waals surface area contributed by atoms with Crippen molar-refractivity contribution in [3.05, 3.63) is 208 Å². The van der Waals surface area contributed by atoms with Crippen molar-refractivity contribution in [2.75, 3.05) is 0 Å². The maximum absolute atomic E-state index is 6.84. The first-order valence-corrected chi connectivity index (χ1v) is 17.5. The number of hydrogen-bond donors (Lipinski definition) is 0. The van der Waals surface area contributed by atoms with Crippen molar-refractivity contribution < 1.29 is 0 Å². The topological polar surface area (TPSA) is 0 Å². The van der Waals surface area contributed by atoms with E-state index in [-0.39, 0.29) is 0 Å². The van der Waals surface area contributed by atoms with Gasteiger partial charge in [0.2, 0.25) is 0 Å². The van der Waals surface area contributed by atoms with Crippen molar-refractivity contribution in [3.63, 3.8) is 0 Å². The van der Waals surface area contributed by atoms with Crippen LogP contribution in [-0.4, -0.2) is 7.85 Å². The monoisotopic (exact) mass is 624 g/mol. The van der Waals surface area contributed by atoms with Gasteiger partial charge in [-0.2, -0.15) is 0 Å². The number of aryl methyl sites for hydroxylation is 2. The van der Waals surface area contributed by atoms with Crippen LogP contribution in [0.25, 0.3) is 33.4 Å². The molecule has 232 valence electrons. The molecule has 0 aliphatic heterocycles. The van der Waals surface area contributed by atoms with Crippen LogP contribution in [0.3, 0.4) is 0 Å². The van der Waals surface area contributed by atoms with Crippen LogP contribution in [0.2, 0.25) is 0 Å². The fraction of sp³-hybridized carbons (Fsp3) is 0.125. The summed E-state index contributed by atoms with van der Waals surface area (Å²) in [5, 5.41) is 0. The zero-order chi connectivity index (χ0) is 33.1. The molecule has 0 fully saturated rings. The lowest BCUT2D eigenvalue weighted by Gasteiger charge is -2.34. The highest BCUT2D eigenvalue weighted by Gasteiger charge is 2.46. The molecule has 49 heavy (non-hydrogen) atoms. The molecule has 0 saturated carbocycles. The third-order valence-corrected chi connectivity index (χ3v) is 11.1. The van der Waals surface area contributed by atoms with E-state index in [1.807, 2.05) is 6.07 Å². The Morgan fingerprint density at radius 2 is 1.20 bits per heavy atom. The molecular weight excluding hydrogens is 587 g/mol. The van der Waals surface area contributed by atoms with Crippen LogP contribution in [0.4, 0.5) is 0 Å². The summed E-state index contributed by atoms with van der Waals surface area (Å²) in [7, 11) is 6.84. The second kappa shape index (κ2) is 11.6. The Morgan fingerprint density at radius 1 is 0.551 bits per heavy atom. The van der Waals surface area contributed by atoms with E-state index in [9.17, 15) is 0 Å². The molecule has 1 unspecified atom stereocenters. The third-order valence-electron chi connectivity index (χ3n) is 11.1. The molecule has 0 bridgehead atoms. The second-order valence-corrected chi connectivity index (χ2v) is 14.1. The molecule has 0 heterocycles. The van der Waals surface area contributed by atoms with Crippen LogP contribution in [0.15, 0.2) is 158 Å². The molecule has 1 heteroatoms. The lowest BCUT2D eigenvalue weighted by Crippen LogP contribution is -2.29. The van der Waals surface area contributed by atoms with E-state index in [1.54, 1.807) is 0 Å². The Kier molecular flexibility index (Phi) is 7.06. The summed E-state index contributed by atoms with van der Waals surface area (Å²) in [6.45, 7) is 4.32. The van der Waals surface area contributed by atoms with E-state index in [0.717, 1.165) is 23.9 Å². The minimum Gasteiger partial charge on any atom is -0.0886 e. The summed E-state index contributed by atoms with van der Waals surface area (Å²) in [5.74, 6) is 0.463. The van der Waals surface area contributed by atoms with Crippen molar-refractivity contribution in [3.8, 4) is 33.4 Å². The summed E-state index contributed by atoms with van der Waals surface area (Å²) in [6.07, 6.45) is 2.10. The van der Waals surface area contributed by atoms with Crippen LogP contribution < -0.4 is 5.46 Å². The van der Waals surface area contributed by atoms with Gasteiger partial charge in [0.25, 0.3) is 0 Å². The molecule has 0 N–H and O–H groups in total. The molecule has 2 aliphatic rings. The number of rotatable bonds is 5. The molecule has 9 rings (SSSR count). The van der Waals surface area contributed by atoms with Crippen LogP contribution >= 0.6 is 0 Å². The molecule has 0 saturated heterocycles. The first kappa shape index (κ1) is 29.7. The van der Waals surface area contributed by atoms with Gasteiger partial charge in [-0.25, -0.2) is 0 Å². The Bertz CT molecular complexity index is 2300. The van der Waals surface area contributed by atoms with E-state index in [0.29, 0.717) is 5.92 Å². The normalized spacial score (nSPS) is 15.2. The van der Waals surface area contributed by atoms with Crippen LogP contribution in [0.5, 0.6) is 0 Å². The van der Waals surface area contributed by atoms with E-state index in [4.69, 9.17) is 7.85 Å². The number of benzene rings is 7. The van der Waals surface area contributed by atoms with Gasteiger partial charge in [0.15, 0.2) is 0 Å². The van der Waals surface area contributed by atoms with Crippen molar-refractivity contribution >= 4 is 13.3 Å².